The van der Waals surface area contributed by atoms with Crippen LogP contribution in [0.5, 0.6) is 0 Å². The SMILES string of the molecule is COC(CN)CC(=O)Nc1c(C(C)C)cccc1C(C)C.Cl. The monoisotopic (exact) mass is 328 g/mol. The molecule has 3 N–H and O–H groups in total. The zero-order valence-corrected chi connectivity index (χ0v) is 15.0. The van der Waals surface area contributed by atoms with Crippen LogP contribution in [-0.2, 0) is 9.53 Å². The van der Waals surface area contributed by atoms with Crippen LogP contribution in [0.4, 0.5) is 5.69 Å². The number of nitrogens with two attached hydrogens (primary N) is 1. The zero-order chi connectivity index (χ0) is 16.0. The Morgan fingerprint density at radius 3 is 2.05 bits per heavy atom. The van der Waals surface area contributed by atoms with Crippen LogP contribution in [0.3, 0.4) is 0 Å². The molecule has 0 saturated heterocycles. The van der Waals surface area contributed by atoms with Gasteiger partial charge in [0.1, 0.15) is 0 Å². The number of anilines is 1. The molecule has 5 heteroatoms. The van der Waals surface area contributed by atoms with Gasteiger partial charge in [-0.2, -0.15) is 0 Å². The summed E-state index contributed by atoms with van der Waals surface area (Å²) in [7, 11) is 1.58. The number of carbonyl (C=O) groups excluding carboxylic acids is 1. The minimum Gasteiger partial charge on any atom is -0.380 e. The molecule has 126 valence electrons. The van der Waals surface area contributed by atoms with E-state index in [1.807, 2.05) is 0 Å². The van der Waals surface area contributed by atoms with E-state index >= 15 is 0 Å². The van der Waals surface area contributed by atoms with E-state index in [2.05, 4.69) is 51.2 Å². The molecule has 0 aliphatic carbocycles. The Hall–Kier alpha value is -1.10. The number of amides is 1. The molecule has 0 aromatic heterocycles. The second kappa shape index (κ2) is 9.82. The molecule has 0 radical (unpaired) electrons. The summed E-state index contributed by atoms with van der Waals surface area (Å²) in [6.45, 7) is 8.87. The molecule has 0 heterocycles. The molecule has 0 aliphatic rings. The first-order valence-electron chi connectivity index (χ1n) is 7.56. The first kappa shape index (κ1) is 20.9. The summed E-state index contributed by atoms with van der Waals surface area (Å²) >= 11 is 0. The van der Waals surface area contributed by atoms with Gasteiger partial charge in [0.2, 0.25) is 5.91 Å². The minimum atomic E-state index is -0.237. The smallest absolute Gasteiger partial charge is 0.227 e. The molecule has 0 spiro atoms. The highest BCUT2D eigenvalue weighted by atomic mass is 35.5. The van der Waals surface area contributed by atoms with Crippen molar-refractivity contribution in [2.75, 3.05) is 19.0 Å². The topological polar surface area (TPSA) is 64.3 Å². The van der Waals surface area contributed by atoms with Crippen LogP contribution in [0, 0.1) is 0 Å². The lowest BCUT2D eigenvalue weighted by atomic mass is 9.92. The van der Waals surface area contributed by atoms with Crippen molar-refractivity contribution in [3.05, 3.63) is 29.3 Å². The number of para-hydroxylation sites is 1. The minimum absolute atomic E-state index is 0. The van der Waals surface area contributed by atoms with E-state index in [9.17, 15) is 4.79 Å². The first-order valence-corrected chi connectivity index (χ1v) is 7.56. The molecule has 0 fully saturated rings. The predicted octanol–water partition coefficient (Wildman–Crippen LogP) is 3.66. The molecule has 1 amide bonds. The quantitative estimate of drug-likeness (QED) is 0.802. The lowest BCUT2D eigenvalue weighted by Gasteiger charge is -2.21. The summed E-state index contributed by atoms with van der Waals surface area (Å²) in [5.74, 6) is 0.653. The van der Waals surface area contributed by atoms with E-state index in [0.717, 1.165) is 16.8 Å². The van der Waals surface area contributed by atoms with Crippen molar-refractivity contribution in [2.24, 2.45) is 5.73 Å². The van der Waals surface area contributed by atoms with Crippen molar-refractivity contribution in [3.63, 3.8) is 0 Å². The third kappa shape index (κ3) is 5.59. The van der Waals surface area contributed by atoms with Gasteiger partial charge in [0.05, 0.1) is 12.5 Å². The van der Waals surface area contributed by atoms with Crippen LogP contribution >= 0.6 is 12.4 Å². The van der Waals surface area contributed by atoms with Gasteiger partial charge >= 0.3 is 0 Å². The number of hydrogen-bond acceptors (Lipinski definition) is 3. The van der Waals surface area contributed by atoms with E-state index in [1.165, 1.54) is 0 Å². The Kier molecular flexibility index (Phi) is 9.33. The molecule has 0 bridgehead atoms. The molecule has 1 aromatic carbocycles. The number of rotatable bonds is 7. The van der Waals surface area contributed by atoms with E-state index in [1.54, 1.807) is 7.11 Å². The van der Waals surface area contributed by atoms with Crippen LogP contribution in [0.15, 0.2) is 18.2 Å². The van der Waals surface area contributed by atoms with Gasteiger partial charge in [-0.05, 0) is 23.0 Å². The lowest BCUT2D eigenvalue weighted by Crippen LogP contribution is -2.28. The van der Waals surface area contributed by atoms with Crippen molar-refractivity contribution in [2.45, 2.75) is 52.1 Å². The number of benzene rings is 1. The number of halogens is 1. The first-order chi connectivity index (χ1) is 9.90. The summed E-state index contributed by atoms with van der Waals surface area (Å²) in [5.41, 5.74) is 8.85. The second-order valence-electron chi connectivity index (χ2n) is 5.97. The highest BCUT2D eigenvalue weighted by Gasteiger charge is 2.17. The Morgan fingerprint density at radius 1 is 1.18 bits per heavy atom. The van der Waals surface area contributed by atoms with Gasteiger partial charge in [-0.3, -0.25) is 4.79 Å². The van der Waals surface area contributed by atoms with Crippen LogP contribution < -0.4 is 11.1 Å². The standard InChI is InChI=1S/C17H28N2O2.ClH/c1-11(2)14-7-6-8-15(12(3)4)17(14)19-16(20)9-13(10-18)21-5;/h6-8,11-13H,9-10,18H2,1-5H3,(H,19,20);1H. The Morgan fingerprint density at radius 2 is 1.68 bits per heavy atom. The molecule has 1 atom stereocenters. The van der Waals surface area contributed by atoms with Gasteiger partial charge in [-0.25, -0.2) is 0 Å². The van der Waals surface area contributed by atoms with Gasteiger partial charge in [0.25, 0.3) is 0 Å². The number of ether oxygens (including phenoxy) is 1. The fourth-order valence-corrected chi connectivity index (χ4v) is 2.36. The number of carbonyl (C=O) groups is 1. The molecule has 4 nitrogen and oxygen atoms in total. The number of nitrogens with one attached hydrogen (secondary N) is 1. The highest BCUT2D eigenvalue weighted by molar-refractivity contribution is 5.93. The van der Waals surface area contributed by atoms with Gasteiger partial charge in [0.15, 0.2) is 0 Å². The normalized spacial score (nSPS) is 12.2. The second-order valence-corrected chi connectivity index (χ2v) is 5.97. The predicted molar refractivity (Wildman–Crippen MR) is 95.0 cm³/mol. The molecule has 22 heavy (non-hydrogen) atoms. The van der Waals surface area contributed by atoms with E-state index in [4.69, 9.17) is 10.5 Å². The fourth-order valence-electron chi connectivity index (χ4n) is 2.36. The summed E-state index contributed by atoms with van der Waals surface area (Å²) in [5, 5.41) is 3.07. The maximum Gasteiger partial charge on any atom is 0.227 e. The van der Waals surface area contributed by atoms with Crippen molar-refractivity contribution >= 4 is 24.0 Å². The molecule has 0 aliphatic heterocycles. The summed E-state index contributed by atoms with van der Waals surface area (Å²) < 4.78 is 5.18. The summed E-state index contributed by atoms with van der Waals surface area (Å²) in [6.07, 6.45) is 0.0375. The zero-order valence-electron chi connectivity index (χ0n) is 14.2. The summed E-state index contributed by atoms with van der Waals surface area (Å²) in [4.78, 5) is 12.2. The maximum atomic E-state index is 12.2. The average molecular weight is 329 g/mol. The average Bonchev–Trinajstić information content (AvgIpc) is 2.44. The molecule has 1 rings (SSSR count). The Balaban J connectivity index is 0.00000441. The van der Waals surface area contributed by atoms with Crippen LogP contribution in [-0.4, -0.2) is 25.7 Å². The lowest BCUT2D eigenvalue weighted by molar-refractivity contribution is -0.118. The van der Waals surface area contributed by atoms with E-state index in [-0.39, 0.29) is 30.8 Å². The highest BCUT2D eigenvalue weighted by Crippen LogP contribution is 2.32. The van der Waals surface area contributed by atoms with Crippen molar-refractivity contribution in [1.82, 2.24) is 0 Å². The van der Waals surface area contributed by atoms with Crippen LogP contribution in [0.1, 0.15) is 57.1 Å². The largest absolute Gasteiger partial charge is 0.380 e. The Bertz CT molecular complexity index is 445. The number of hydrogen-bond donors (Lipinski definition) is 2. The number of methoxy groups -OCH3 is 1. The third-order valence-electron chi connectivity index (χ3n) is 3.65. The molecule has 0 saturated carbocycles. The Labute approximate surface area is 140 Å². The molecule has 1 unspecified atom stereocenters. The van der Waals surface area contributed by atoms with Gasteiger partial charge in [-0.1, -0.05) is 45.9 Å². The van der Waals surface area contributed by atoms with Gasteiger partial charge in [-0.15, -0.1) is 12.4 Å². The van der Waals surface area contributed by atoms with Crippen LogP contribution in [0.2, 0.25) is 0 Å². The summed E-state index contributed by atoms with van der Waals surface area (Å²) in [6, 6.07) is 6.20. The van der Waals surface area contributed by atoms with Crippen LogP contribution in [0.25, 0.3) is 0 Å². The van der Waals surface area contributed by atoms with Gasteiger partial charge < -0.3 is 15.8 Å². The fraction of sp³-hybridized carbons (Fsp3) is 0.588. The van der Waals surface area contributed by atoms with Crippen molar-refractivity contribution < 1.29 is 9.53 Å². The molecular formula is C17H29ClN2O2. The van der Waals surface area contributed by atoms with E-state index in [0.29, 0.717) is 18.4 Å². The van der Waals surface area contributed by atoms with Gasteiger partial charge in [0, 0.05) is 19.3 Å². The van der Waals surface area contributed by atoms with Crippen molar-refractivity contribution in [1.29, 1.82) is 0 Å². The van der Waals surface area contributed by atoms with E-state index < -0.39 is 0 Å². The third-order valence-corrected chi connectivity index (χ3v) is 3.65. The van der Waals surface area contributed by atoms with Crippen molar-refractivity contribution in [3.8, 4) is 0 Å². The molecular weight excluding hydrogens is 300 g/mol. The molecule has 1 aromatic rings. The maximum absolute atomic E-state index is 12.2.